The van der Waals surface area contributed by atoms with Crippen LogP contribution in [0.5, 0.6) is 0 Å². The Hall–Kier alpha value is -1.25. The molecule has 1 aromatic carbocycles. The van der Waals surface area contributed by atoms with Crippen LogP contribution in [0.2, 0.25) is 0 Å². The van der Waals surface area contributed by atoms with Crippen LogP contribution in [-0.2, 0) is 0 Å². The number of nitrogen functional groups attached to an aromatic ring is 1. The van der Waals surface area contributed by atoms with E-state index in [1.165, 1.54) is 25.3 Å². The molecule has 1 aliphatic carbocycles. The van der Waals surface area contributed by atoms with Crippen LogP contribution >= 0.6 is 0 Å². The third kappa shape index (κ3) is 1.97. The third-order valence-electron chi connectivity index (χ3n) is 2.82. The van der Waals surface area contributed by atoms with Crippen molar-refractivity contribution in [3.8, 4) is 0 Å². The van der Waals surface area contributed by atoms with Crippen LogP contribution in [0.25, 0.3) is 0 Å². The molecule has 14 heavy (non-hydrogen) atoms. The number of halogens is 1. The molecule has 1 fully saturated rings. The molecule has 1 saturated carbocycles. The summed E-state index contributed by atoms with van der Waals surface area (Å²) in [7, 11) is 0. The van der Waals surface area contributed by atoms with Gasteiger partial charge in [-0.25, -0.2) is 4.39 Å². The van der Waals surface area contributed by atoms with E-state index in [4.69, 9.17) is 5.73 Å². The van der Waals surface area contributed by atoms with Crippen LogP contribution in [0, 0.1) is 11.7 Å². The van der Waals surface area contributed by atoms with Gasteiger partial charge in [0.05, 0.1) is 5.69 Å². The summed E-state index contributed by atoms with van der Waals surface area (Å²) >= 11 is 0. The maximum atomic E-state index is 13.0. The van der Waals surface area contributed by atoms with E-state index in [1.54, 1.807) is 6.07 Å². The van der Waals surface area contributed by atoms with Crippen molar-refractivity contribution in [3.63, 3.8) is 0 Å². The SMILES string of the molecule is Nc1ccc(NCC2CCC2)cc1F. The lowest BCUT2D eigenvalue weighted by Gasteiger charge is -2.25. The Balaban J connectivity index is 1.91. The van der Waals surface area contributed by atoms with Gasteiger partial charge >= 0.3 is 0 Å². The van der Waals surface area contributed by atoms with E-state index >= 15 is 0 Å². The van der Waals surface area contributed by atoms with Gasteiger partial charge in [-0.15, -0.1) is 0 Å². The van der Waals surface area contributed by atoms with Gasteiger partial charge in [0, 0.05) is 12.2 Å². The molecule has 0 unspecified atom stereocenters. The van der Waals surface area contributed by atoms with Gasteiger partial charge in [0.15, 0.2) is 0 Å². The zero-order valence-corrected chi connectivity index (χ0v) is 8.09. The van der Waals surface area contributed by atoms with Crippen LogP contribution in [0.15, 0.2) is 18.2 Å². The lowest BCUT2D eigenvalue weighted by atomic mass is 9.85. The van der Waals surface area contributed by atoms with Gasteiger partial charge in [0.1, 0.15) is 5.82 Å². The molecule has 0 amide bonds. The zero-order chi connectivity index (χ0) is 9.97. The number of anilines is 2. The van der Waals surface area contributed by atoms with E-state index in [0.717, 1.165) is 18.2 Å². The van der Waals surface area contributed by atoms with Crippen molar-refractivity contribution in [2.75, 3.05) is 17.6 Å². The Kier molecular flexibility index (Phi) is 2.57. The molecule has 2 rings (SSSR count). The van der Waals surface area contributed by atoms with Crippen LogP contribution in [-0.4, -0.2) is 6.54 Å². The van der Waals surface area contributed by atoms with Crippen molar-refractivity contribution < 1.29 is 4.39 Å². The summed E-state index contributed by atoms with van der Waals surface area (Å²) in [5, 5.41) is 3.22. The Labute approximate surface area is 83.3 Å². The molecule has 0 spiro atoms. The molecule has 0 atom stereocenters. The number of hydrogen-bond acceptors (Lipinski definition) is 2. The molecule has 76 valence electrons. The van der Waals surface area contributed by atoms with E-state index in [-0.39, 0.29) is 11.5 Å². The van der Waals surface area contributed by atoms with E-state index in [9.17, 15) is 4.39 Å². The molecule has 0 radical (unpaired) electrons. The highest BCUT2D eigenvalue weighted by Crippen LogP contribution is 2.26. The first kappa shape index (κ1) is 9.31. The highest BCUT2D eigenvalue weighted by molar-refractivity contribution is 5.52. The number of benzene rings is 1. The molecule has 0 saturated heterocycles. The summed E-state index contributed by atoms with van der Waals surface area (Å²) in [6, 6.07) is 4.86. The van der Waals surface area contributed by atoms with Crippen molar-refractivity contribution in [1.82, 2.24) is 0 Å². The molecule has 0 bridgehead atoms. The maximum absolute atomic E-state index is 13.0. The zero-order valence-electron chi connectivity index (χ0n) is 8.09. The largest absolute Gasteiger partial charge is 0.396 e. The predicted molar refractivity (Wildman–Crippen MR) is 56.6 cm³/mol. The summed E-state index contributed by atoms with van der Waals surface area (Å²) < 4.78 is 13.0. The first-order chi connectivity index (χ1) is 6.75. The standard InChI is InChI=1S/C11H15FN2/c12-10-6-9(4-5-11(10)13)14-7-8-2-1-3-8/h4-6,8,14H,1-3,7,13H2. The molecule has 1 aromatic rings. The first-order valence-electron chi connectivity index (χ1n) is 5.04. The molecule has 0 heterocycles. The highest BCUT2D eigenvalue weighted by atomic mass is 19.1. The Morgan fingerprint density at radius 2 is 2.21 bits per heavy atom. The van der Waals surface area contributed by atoms with Gasteiger partial charge in [0.25, 0.3) is 0 Å². The molecule has 1 aliphatic rings. The summed E-state index contributed by atoms with van der Waals surface area (Å²) in [6.07, 6.45) is 3.93. The number of nitrogens with two attached hydrogens (primary N) is 1. The van der Waals surface area contributed by atoms with Gasteiger partial charge in [0.2, 0.25) is 0 Å². The predicted octanol–water partition coefficient (Wildman–Crippen LogP) is 2.62. The molecule has 2 nitrogen and oxygen atoms in total. The highest BCUT2D eigenvalue weighted by Gasteiger charge is 2.16. The smallest absolute Gasteiger partial charge is 0.148 e. The summed E-state index contributed by atoms with van der Waals surface area (Å²) in [4.78, 5) is 0. The minimum absolute atomic E-state index is 0.208. The van der Waals surface area contributed by atoms with E-state index < -0.39 is 0 Å². The monoisotopic (exact) mass is 194 g/mol. The minimum Gasteiger partial charge on any atom is -0.396 e. The van der Waals surface area contributed by atoms with Gasteiger partial charge in [-0.3, -0.25) is 0 Å². The number of rotatable bonds is 3. The Morgan fingerprint density at radius 3 is 2.79 bits per heavy atom. The average Bonchev–Trinajstić information content (AvgIpc) is 2.08. The van der Waals surface area contributed by atoms with E-state index in [0.29, 0.717) is 0 Å². The fourth-order valence-electron chi connectivity index (χ4n) is 1.60. The molecular weight excluding hydrogens is 179 g/mol. The van der Waals surface area contributed by atoms with Crippen molar-refractivity contribution >= 4 is 11.4 Å². The van der Waals surface area contributed by atoms with Crippen LogP contribution in [0.1, 0.15) is 19.3 Å². The topological polar surface area (TPSA) is 38.0 Å². The summed E-state index contributed by atoms with van der Waals surface area (Å²) in [5.41, 5.74) is 6.41. The average molecular weight is 194 g/mol. The van der Waals surface area contributed by atoms with Crippen molar-refractivity contribution in [2.24, 2.45) is 5.92 Å². The van der Waals surface area contributed by atoms with Crippen LogP contribution < -0.4 is 11.1 Å². The molecule has 3 N–H and O–H groups in total. The second-order valence-electron chi connectivity index (χ2n) is 3.91. The quantitative estimate of drug-likeness (QED) is 0.726. The molecular formula is C11H15FN2. The minimum atomic E-state index is -0.344. The second-order valence-corrected chi connectivity index (χ2v) is 3.91. The maximum Gasteiger partial charge on any atom is 0.148 e. The Bertz CT molecular complexity index is 321. The van der Waals surface area contributed by atoms with Crippen LogP contribution in [0.3, 0.4) is 0 Å². The fraction of sp³-hybridized carbons (Fsp3) is 0.455. The summed E-state index contributed by atoms with van der Waals surface area (Å²) in [5.74, 6) is 0.430. The fourth-order valence-corrected chi connectivity index (χ4v) is 1.60. The van der Waals surface area contributed by atoms with E-state index in [2.05, 4.69) is 5.32 Å². The van der Waals surface area contributed by atoms with Gasteiger partial charge in [-0.2, -0.15) is 0 Å². The van der Waals surface area contributed by atoms with Gasteiger partial charge in [-0.1, -0.05) is 6.42 Å². The van der Waals surface area contributed by atoms with Crippen molar-refractivity contribution in [1.29, 1.82) is 0 Å². The van der Waals surface area contributed by atoms with Crippen LogP contribution in [0.4, 0.5) is 15.8 Å². The van der Waals surface area contributed by atoms with E-state index in [1.807, 2.05) is 6.07 Å². The third-order valence-corrected chi connectivity index (χ3v) is 2.82. The molecule has 0 aliphatic heterocycles. The molecule has 0 aromatic heterocycles. The summed E-state index contributed by atoms with van der Waals surface area (Å²) in [6.45, 7) is 0.948. The normalized spacial score (nSPS) is 16.4. The first-order valence-corrected chi connectivity index (χ1v) is 5.04. The van der Waals surface area contributed by atoms with Crippen molar-refractivity contribution in [3.05, 3.63) is 24.0 Å². The Morgan fingerprint density at radius 1 is 1.43 bits per heavy atom. The number of nitrogens with one attached hydrogen (secondary N) is 1. The lowest BCUT2D eigenvalue weighted by molar-refractivity contribution is 0.333. The van der Waals surface area contributed by atoms with Gasteiger partial charge < -0.3 is 11.1 Å². The van der Waals surface area contributed by atoms with Gasteiger partial charge in [-0.05, 0) is 37.0 Å². The number of hydrogen-bond donors (Lipinski definition) is 2. The van der Waals surface area contributed by atoms with Crippen molar-refractivity contribution in [2.45, 2.75) is 19.3 Å². The molecule has 3 heteroatoms. The lowest BCUT2D eigenvalue weighted by Crippen LogP contribution is -2.20. The second kappa shape index (κ2) is 3.86.